The molecule has 0 aliphatic carbocycles. The fourth-order valence-electron chi connectivity index (χ4n) is 5.73. The van der Waals surface area contributed by atoms with E-state index in [-0.39, 0.29) is 53.5 Å². The number of benzene rings is 2. The molecule has 0 saturated heterocycles. The van der Waals surface area contributed by atoms with Crippen LogP contribution in [-0.2, 0) is 32.6 Å². The third-order valence-corrected chi connectivity index (χ3v) is 11.5. The van der Waals surface area contributed by atoms with E-state index in [1.165, 1.54) is 47.0 Å². The first-order valence-corrected chi connectivity index (χ1v) is 19.5. The molecule has 4 rings (SSSR count). The van der Waals surface area contributed by atoms with Gasteiger partial charge in [0.2, 0.25) is 27.7 Å². The molecule has 0 fully saturated rings. The summed E-state index contributed by atoms with van der Waals surface area (Å²) in [5.41, 5.74) is 6.55. The van der Waals surface area contributed by atoms with Crippen LogP contribution in [0, 0.1) is 11.8 Å². The van der Waals surface area contributed by atoms with Gasteiger partial charge in [-0.2, -0.15) is 4.31 Å². The van der Waals surface area contributed by atoms with Gasteiger partial charge in [-0.3, -0.25) is 18.7 Å². The Kier molecular flexibility index (Phi) is 13.7. The highest BCUT2D eigenvalue weighted by Gasteiger charge is 2.35. The van der Waals surface area contributed by atoms with E-state index in [4.69, 9.17) is 17.3 Å². The fourth-order valence-corrected chi connectivity index (χ4v) is 8.25. The molecule has 6 N–H and O–H groups in total. The van der Waals surface area contributed by atoms with Crippen LogP contribution in [0.15, 0.2) is 69.8 Å². The number of nitrogens with two attached hydrogens (primary N) is 1. The topological polar surface area (TPSA) is 202 Å². The van der Waals surface area contributed by atoms with Crippen LogP contribution in [-0.4, -0.2) is 74.1 Å². The number of amides is 2. The minimum absolute atomic E-state index is 0.0664. The number of hydrogen-bond donors (Lipinski definition) is 5. The van der Waals surface area contributed by atoms with Crippen molar-refractivity contribution in [2.45, 2.75) is 77.1 Å². The molecule has 14 nitrogen and oxygen atoms in total. The SMILES string of the molecule is CC[C@H](C)[C@@H](C(=O)N[C@@H](Cc1ccccc1)[C@H](O)CN(CC(C)C)S(=O)(=O)c1ccc(Cl)c(N)c1)n1cc(O)n(Cc2csc(NC(C)=O)n2)c1=O. The van der Waals surface area contributed by atoms with Crippen LogP contribution in [0.5, 0.6) is 5.88 Å². The number of nitrogens with zero attached hydrogens (tertiary/aromatic N) is 4. The molecule has 17 heteroatoms. The largest absolute Gasteiger partial charge is 0.493 e. The van der Waals surface area contributed by atoms with Crippen LogP contribution < -0.4 is 22.1 Å². The minimum Gasteiger partial charge on any atom is -0.493 e. The van der Waals surface area contributed by atoms with Gasteiger partial charge >= 0.3 is 5.69 Å². The summed E-state index contributed by atoms with van der Waals surface area (Å²) in [4.78, 5) is 43.6. The van der Waals surface area contributed by atoms with Gasteiger partial charge in [0.1, 0.15) is 6.04 Å². The molecule has 282 valence electrons. The lowest BCUT2D eigenvalue weighted by atomic mass is 9.96. The van der Waals surface area contributed by atoms with E-state index < -0.39 is 51.6 Å². The second-order valence-electron chi connectivity index (χ2n) is 13.2. The van der Waals surface area contributed by atoms with E-state index in [9.17, 15) is 33.0 Å². The number of nitrogens with one attached hydrogen (secondary N) is 2. The van der Waals surface area contributed by atoms with E-state index in [1.807, 2.05) is 51.1 Å². The lowest BCUT2D eigenvalue weighted by Crippen LogP contribution is -2.53. The zero-order valence-corrected chi connectivity index (χ0v) is 32.1. The number of carbonyl (C=O) groups excluding carboxylic acids is 2. The average molecular weight is 776 g/mol. The number of anilines is 2. The van der Waals surface area contributed by atoms with Crippen molar-refractivity contribution in [1.29, 1.82) is 0 Å². The molecule has 0 aliphatic rings. The van der Waals surface area contributed by atoms with Gasteiger partial charge in [0, 0.05) is 25.4 Å². The maximum absolute atomic E-state index is 14.3. The predicted octanol–water partition coefficient (Wildman–Crippen LogP) is 4.08. The maximum Gasteiger partial charge on any atom is 0.332 e. The van der Waals surface area contributed by atoms with Crippen molar-refractivity contribution in [2.75, 3.05) is 24.1 Å². The number of aromatic hydroxyl groups is 1. The predicted molar refractivity (Wildman–Crippen MR) is 202 cm³/mol. The lowest BCUT2D eigenvalue weighted by molar-refractivity contribution is -0.127. The molecule has 0 aliphatic heterocycles. The molecule has 0 unspecified atom stereocenters. The number of hydrogen-bond acceptors (Lipinski definition) is 10. The van der Waals surface area contributed by atoms with Crippen molar-refractivity contribution in [3.8, 4) is 5.88 Å². The normalized spacial score (nSPS) is 14.2. The molecule has 0 bridgehead atoms. The molecular formula is C35H46ClN7O7S2. The molecule has 0 radical (unpaired) electrons. The zero-order valence-electron chi connectivity index (χ0n) is 29.7. The summed E-state index contributed by atoms with van der Waals surface area (Å²) < 4.78 is 31.2. The van der Waals surface area contributed by atoms with Gasteiger partial charge in [-0.15, -0.1) is 11.3 Å². The van der Waals surface area contributed by atoms with Crippen LogP contribution in [0.4, 0.5) is 10.8 Å². The molecule has 4 aromatic rings. The van der Waals surface area contributed by atoms with Crippen LogP contribution in [0.1, 0.15) is 58.3 Å². The van der Waals surface area contributed by atoms with Crippen LogP contribution in [0.3, 0.4) is 0 Å². The second-order valence-corrected chi connectivity index (χ2v) is 16.4. The zero-order chi connectivity index (χ0) is 38.3. The third-order valence-electron chi connectivity index (χ3n) is 8.54. The van der Waals surface area contributed by atoms with Gasteiger partial charge in [-0.1, -0.05) is 76.0 Å². The van der Waals surface area contributed by atoms with Gasteiger partial charge in [-0.25, -0.2) is 18.2 Å². The summed E-state index contributed by atoms with van der Waals surface area (Å²) in [7, 11) is -4.16. The Morgan fingerprint density at radius 2 is 1.81 bits per heavy atom. The first kappa shape index (κ1) is 40.5. The van der Waals surface area contributed by atoms with Crippen molar-refractivity contribution in [3.63, 3.8) is 0 Å². The fraction of sp³-hybridized carbons (Fsp3) is 0.429. The number of aromatic nitrogens is 3. The maximum atomic E-state index is 14.3. The number of aliphatic hydroxyl groups excluding tert-OH is 1. The number of aliphatic hydroxyl groups is 1. The summed E-state index contributed by atoms with van der Waals surface area (Å²) in [6.45, 7) is 8.29. The Morgan fingerprint density at radius 1 is 1.12 bits per heavy atom. The van der Waals surface area contributed by atoms with E-state index >= 15 is 0 Å². The van der Waals surface area contributed by atoms with Gasteiger partial charge < -0.3 is 26.6 Å². The molecule has 2 heterocycles. The quantitative estimate of drug-likeness (QED) is 0.0981. The number of carbonyl (C=O) groups is 2. The van der Waals surface area contributed by atoms with Gasteiger partial charge in [0.15, 0.2) is 5.13 Å². The van der Waals surface area contributed by atoms with Gasteiger partial charge in [0.05, 0.1) is 46.2 Å². The molecule has 2 aromatic heterocycles. The Hall–Kier alpha value is -4.22. The number of halogens is 1. The minimum atomic E-state index is -4.16. The first-order chi connectivity index (χ1) is 24.5. The first-order valence-electron chi connectivity index (χ1n) is 16.8. The molecule has 0 spiro atoms. The standard InChI is InChI=1S/C35H46ClN7O7S2/c1-6-22(4)32(43-19-31(46)42(35(43)48)17-25-20-51-34(39-25)38-23(5)44)33(47)40-29(14-24-10-8-7-9-11-24)30(45)18-41(16-21(2)3)52(49,50)26-12-13-27(36)28(37)15-26/h7-13,15,19-22,29-30,32,45-46H,6,14,16-18,37H2,1-5H3,(H,40,47)(H,38,39,44)/t22-,29-,30+,32-/m0/s1. The summed E-state index contributed by atoms with van der Waals surface area (Å²) in [6.07, 6.45) is 0.430. The monoisotopic (exact) mass is 775 g/mol. The number of sulfonamides is 1. The van der Waals surface area contributed by atoms with Crippen molar-refractivity contribution < 1.29 is 28.2 Å². The molecule has 2 amide bonds. The van der Waals surface area contributed by atoms with Gasteiger partial charge in [-0.05, 0) is 42.0 Å². The Bertz CT molecular complexity index is 2010. The number of nitrogen functional groups attached to an aromatic ring is 1. The summed E-state index contributed by atoms with van der Waals surface area (Å²) in [6, 6.07) is 11.0. The van der Waals surface area contributed by atoms with Crippen LogP contribution >= 0.6 is 22.9 Å². The highest BCUT2D eigenvalue weighted by Crippen LogP contribution is 2.27. The molecule has 0 saturated carbocycles. The molecule has 2 aromatic carbocycles. The van der Waals surface area contributed by atoms with E-state index in [0.29, 0.717) is 17.2 Å². The van der Waals surface area contributed by atoms with Crippen LogP contribution in [0.25, 0.3) is 0 Å². The summed E-state index contributed by atoms with van der Waals surface area (Å²) in [5.74, 6) is -1.81. The lowest BCUT2D eigenvalue weighted by Gasteiger charge is -2.32. The average Bonchev–Trinajstić information content (AvgIpc) is 3.63. The Labute approximate surface area is 312 Å². The van der Waals surface area contributed by atoms with Crippen molar-refractivity contribution in [3.05, 3.63) is 86.9 Å². The van der Waals surface area contributed by atoms with Crippen molar-refractivity contribution >= 4 is 55.6 Å². The summed E-state index contributed by atoms with van der Waals surface area (Å²) >= 11 is 7.22. The summed E-state index contributed by atoms with van der Waals surface area (Å²) in [5, 5.41) is 30.3. The smallest absolute Gasteiger partial charge is 0.332 e. The Balaban J connectivity index is 1.66. The second kappa shape index (κ2) is 17.5. The van der Waals surface area contributed by atoms with Gasteiger partial charge in [0.25, 0.3) is 0 Å². The van der Waals surface area contributed by atoms with E-state index in [0.717, 1.165) is 14.7 Å². The van der Waals surface area contributed by atoms with Crippen molar-refractivity contribution in [1.82, 2.24) is 23.7 Å². The Morgan fingerprint density at radius 3 is 2.42 bits per heavy atom. The molecule has 4 atom stereocenters. The van der Waals surface area contributed by atoms with E-state index in [1.54, 1.807) is 12.3 Å². The van der Waals surface area contributed by atoms with Crippen LogP contribution in [0.2, 0.25) is 5.02 Å². The number of imidazole rings is 1. The van der Waals surface area contributed by atoms with E-state index in [2.05, 4.69) is 15.6 Å². The third kappa shape index (κ3) is 10.0. The van der Waals surface area contributed by atoms with Crippen molar-refractivity contribution in [2.24, 2.45) is 11.8 Å². The molecular weight excluding hydrogens is 730 g/mol. The highest BCUT2D eigenvalue weighted by atomic mass is 35.5. The number of rotatable bonds is 17. The molecule has 52 heavy (non-hydrogen) atoms. The highest BCUT2D eigenvalue weighted by molar-refractivity contribution is 7.89. The number of thiazole rings is 1.